The molecule has 0 fully saturated rings. The van der Waals surface area contributed by atoms with Crippen molar-refractivity contribution < 1.29 is 9.53 Å². The van der Waals surface area contributed by atoms with Crippen LogP contribution in [0.1, 0.15) is 11.8 Å². The van der Waals surface area contributed by atoms with Crippen LogP contribution in [0.25, 0.3) is 0 Å². The number of hydrogen-bond donors (Lipinski definition) is 2. The first-order chi connectivity index (χ1) is 6.74. The number of carbonyl (C=O) groups excluding carboxylic acids is 1. The van der Waals surface area contributed by atoms with Crippen molar-refractivity contribution in [3.8, 4) is 0 Å². The van der Waals surface area contributed by atoms with Crippen molar-refractivity contribution in [3.63, 3.8) is 0 Å². The van der Waals surface area contributed by atoms with Crippen molar-refractivity contribution in [1.82, 2.24) is 5.43 Å². The van der Waals surface area contributed by atoms with Gasteiger partial charge >= 0.3 is 0 Å². The van der Waals surface area contributed by atoms with E-state index in [1.54, 1.807) is 18.3 Å². The highest BCUT2D eigenvalue weighted by molar-refractivity contribution is 7.09. The Labute approximate surface area is 87.0 Å². The van der Waals surface area contributed by atoms with Gasteiger partial charge in [0, 0.05) is 11.3 Å². The molecule has 1 unspecified atom stereocenters. The summed E-state index contributed by atoms with van der Waals surface area (Å²) in [6.07, 6.45) is 0.347. The van der Waals surface area contributed by atoms with Crippen molar-refractivity contribution in [2.24, 2.45) is 5.84 Å². The van der Waals surface area contributed by atoms with Crippen molar-refractivity contribution in [3.05, 3.63) is 22.4 Å². The molecular formula is C9H14N2O2S. The summed E-state index contributed by atoms with van der Waals surface area (Å²) in [4.78, 5) is 12.2. The van der Waals surface area contributed by atoms with Crippen LogP contribution in [0.2, 0.25) is 0 Å². The van der Waals surface area contributed by atoms with E-state index in [0.717, 1.165) is 6.42 Å². The topological polar surface area (TPSA) is 64.3 Å². The van der Waals surface area contributed by atoms with Crippen LogP contribution in [0.5, 0.6) is 0 Å². The van der Waals surface area contributed by atoms with E-state index >= 15 is 0 Å². The molecule has 1 amide bonds. The Hall–Kier alpha value is -0.910. The van der Waals surface area contributed by atoms with E-state index in [0.29, 0.717) is 6.61 Å². The normalized spacial score (nSPS) is 12.4. The molecule has 0 aliphatic heterocycles. The molecule has 1 aromatic rings. The number of hydrazine groups is 1. The molecule has 0 spiro atoms. The van der Waals surface area contributed by atoms with Gasteiger partial charge in [0.2, 0.25) is 0 Å². The maximum absolute atomic E-state index is 10.9. The van der Waals surface area contributed by atoms with Gasteiger partial charge in [0.15, 0.2) is 0 Å². The van der Waals surface area contributed by atoms with E-state index in [-0.39, 0.29) is 5.91 Å². The number of carbonyl (C=O) groups is 1. The first-order valence-corrected chi connectivity index (χ1v) is 5.26. The highest BCUT2D eigenvalue weighted by atomic mass is 32.1. The maximum Gasteiger partial charge on any atom is 0.262 e. The maximum atomic E-state index is 10.9. The van der Waals surface area contributed by atoms with E-state index in [1.807, 2.05) is 22.9 Å². The molecule has 0 saturated carbocycles. The summed E-state index contributed by atoms with van der Waals surface area (Å²) in [6, 6.07) is 4.04. The molecule has 4 nitrogen and oxygen atoms in total. The van der Waals surface area contributed by atoms with E-state index in [9.17, 15) is 4.79 Å². The van der Waals surface area contributed by atoms with Crippen LogP contribution in [0.4, 0.5) is 0 Å². The molecule has 1 rings (SSSR count). The molecule has 0 aliphatic carbocycles. The third-order valence-corrected chi connectivity index (χ3v) is 2.74. The zero-order valence-corrected chi connectivity index (χ0v) is 8.84. The summed E-state index contributed by atoms with van der Waals surface area (Å²) < 4.78 is 5.28. The average molecular weight is 214 g/mol. The third kappa shape index (κ3) is 3.45. The minimum absolute atomic E-state index is 0.295. The van der Waals surface area contributed by atoms with Gasteiger partial charge < -0.3 is 4.74 Å². The Morgan fingerprint density at radius 1 is 1.79 bits per heavy atom. The zero-order chi connectivity index (χ0) is 10.4. The van der Waals surface area contributed by atoms with E-state index in [2.05, 4.69) is 0 Å². The van der Waals surface area contributed by atoms with Gasteiger partial charge in [0.05, 0.1) is 6.61 Å². The Balaban J connectivity index is 2.18. The van der Waals surface area contributed by atoms with Crippen LogP contribution in [0.3, 0.4) is 0 Å². The number of hydrogen-bond acceptors (Lipinski definition) is 4. The standard InChI is InChI=1S/C9H14N2O2S/c1-7(9(12)11-10)13-5-4-8-3-2-6-14-8/h2-3,6-7H,4-5,10H2,1H3,(H,11,12). The number of thiophene rings is 1. The molecule has 1 heterocycles. The molecule has 0 radical (unpaired) electrons. The molecule has 78 valence electrons. The van der Waals surface area contributed by atoms with Gasteiger partial charge in [-0.2, -0.15) is 0 Å². The van der Waals surface area contributed by atoms with Gasteiger partial charge in [-0.15, -0.1) is 11.3 Å². The lowest BCUT2D eigenvalue weighted by molar-refractivity contribution is -0.131. The van der Waals surface area contributed by atoms with Crippen LogP contribution in [0, 0.1) is 0 Å². The lowest BCUT2D eigenvalue weighted by atomic mass is 10.3. The quantitative estimate of drug-likeness (QED) is 0.430. The fraction of sp³-hybridized carbons (Fsp3) is 0.444. The predicted octanol–water partition coefficient (Wildman–Crippen LogP) is 0.686. The summed E-state index contributed by atoms with van der Waals surface area (Å²) in [7, 11) is 0. The number of amides is 1. The molecule has 0 aromatic carbocycles. The molecule has 5 heteroatoms. The van der Waals surface area contributed by atoms with Crippen LogP contribution >= 0.6 is 11.3 Å². The Bertz CT molecular complexity index is 274. The highest BCUT2D eigenvalue weighted by Gasteiger charge is 2.10. The predicted molar refractivity (Wildman–Crippen MR) is 55.8 cm³/mol. The Morgan fingerprint density at radius 2 is 2.57 bits per heavy atom. The SMILES string of the molecule is CC(OCCc1cccs1)C(=O)NN. The molecule has 14 heavy (non-hydrogen) atoms. The second kappa shape index (κ2) is 5.74. The Morgan fingerprint density at radius 3 is 3.14 bits per heavy atom. The molecule has 0 bridgehead atoms. The van der Waals surface area contributed by atoms with Gasteiger partial charge in [-0.3, -0.25) is 10.2 Å². The van der Waals surface area contributed by atoms with Gasteiger partial charge in [-0.1, -0.05) is 6.07 Å². The molecule has 3 N–H and O–H groups in total. The fourth-order valence-electron chi connectivity index (χ4n) is 0.984. The molecule has 0 aliphatic rings. The lowest BCUT2D eigenvalue weighted by Crippen LogP contribution is -2.39. The molecule has 1 aromatic heterocycles. The zero-order valence-electron chi connectivity index (χ0n) is 8.03. The van der Waals surface area contributed by atoms with E-state index < -0.39 is 6.10 Å². The summed E-state index contributed by atoms with van der Waals surface area (Å²) in [5.41, 5.74) is 2.05. The van der Waals surface area contributed by atoms with Crippen molar-refractivity contribution in [2.45, 2.75) is 19.4 Å². The first kappa shape index (κ1) is 11.2. The van der Waals surface area contributed by atoms with Gasteiger partial charge in [-0.05, 0) is 18.4 Å². The average Bonchev–Trinajstić information content (AvgIpc) is 2.69. The molecular weight excluding hydrogens is 200 g/mol. The fourth-order valence-corrected chi connectivity index (χ4v) is 1.67. The summed E-state index contributed by atoms with van der Waals surface area (Å²) in [5.74, 6) is 4.67. The minimum Gasteiger partial charge on any atom is -0.368 e. The van der Waals surface area contributed by atoms with Gasteiger partial charge in [0.25, 0.3) is 5.91 Å². The Kier molecular flexibility index (Phi) is 4.58. The second-order valence-electron chi connectivity index (χ2n) is 2.85. The van der Waals surface area contributed by atoms with Gasteiger partial charge in [0.1, 0.15) is 6.10 Å². The molecule has 0 saturated heterocycles. The van der Waals surface area contributed by atoms with Crippen LogP contribution in [0.15, 0.2) is 17.5 Å². The number of nitrogens with one attached hydrogen (secondary N) is 1. The third-order valence-electron chi connectivity index (χ3n) is 1.81. The first-order valence-electron chi connectivity index (χ1n) is 4.38. The summed E-state index contributed by atoms with van der Waals surface area (Å²) in [6.45, 7) is 2.21. The minimum atomic E-state index is -0.486. The summed E-state index contributed by atoms with van der Waals surface area (Å²) >= 11 is 1.68. The number of nitrogens with two attached hydrogens (primary N) is 1. The van der Waals surface area contributed by atoms with Crippen LogP contribution in [-0.4, -0.2) is 18.6 Å². The van der Waals surface area contributed by atoms with Crippen molar-refractivity contribution in [2.75, 3.05) is 6.61 Å². The molecule has 1 atom stereocenters. The summed E-state index contributed by atoms with van der Waals surface area (Å²) in [5, 5.41) is 2.02. The van der Waals surface area contributed by atoms with Crippen LogP contribution in [-0.2, 0) is 16.0 Å². The largest absolute Gasteiger partial charge is 0.368 e. The lowest BCUT2D eigenvalue weighted by Gasteiger charge is -2.10. The smallest absolute Gasteiger partial charge is 0.262 e. The second-order valence-corrected chi connectivity index (χ2v) is 3.88. The van der Waals surface area contributed by atoms with Crippen molar-refractivity contribution >= 4 is 17.2 Å². The van der Waals surface area contributed by atoms with Crippen molar-refractivity contribution in [1.29, 1.82) is 0 Å². The van der Waals surface area contributed by atoms with Crippen LogP contribution < -0.4 is 11.3 Å². The highest BCUT2D eigenvalue weighted by Crippen LogP contribution is 2.09. The number of ether oxygens (including phenoxy) is 1. The van der Waals surface area contributed by atoms with E-state index in [4.69, 9.17) is 10.6 Å². The monoisotopic (exact) mass is 214 g/mol. The number of rotatable bonds is 5. The van der Waals surface area contributed by atoms with Gasteiger partial charge in [-0.25, -0.2) is 5.84 Å². The van der Waals surface area contributed by atoms with E-state index in [1.165, 1.54) is 4.88 Å².